The number of halogens is 1. The highest BCUT2D eigenvalue weighted by atomic mass is 19.1. The highest BCUT2D eigenvalue weighted by Crippen LogP contribution is 2.13. The number of rotatable bonds is 3. The fourth-order valence-corrected chi connectivity index (χ4v) is 1.24. The molecule has 0 aliphatic rings. The number of ether oxygens (including phenoxy) is 1. The Balaban J connectivity index is 2.83. The Bertz CT molecular complexity index is 448. The number of methoxy groups -OCH3 is 1. The minimum atomic E-state index is -0.824. The molecule has 3 N–H and O–H groups in total. The third-order valence-electron chi connectivity index (χ3n) is 2.16. The van der Waals surface area contributed by atoms with E-state index in [1.165, 1.54) is 20.1 Å². The maximum absolute atomic E-state index is 12.9. The molecule has 1 amide bonds. The normalized spacial score (nSPS) is 11.7. The van der Waals surface area contributed by atoms with Crippen molar-refractivity contribution in [2.75, 3.05) is 12.8 Å². The van der Waals surface area contributed by atoms with Crippen LogP contribution in [0.15, 0.2) is 18.2 Å². The quantitative estimate of drug-likeness (QED) is 0.602. The van der Waals surface area contributed by atoms with Gasteiger partial charge in [-0.2, -0.15) is 0 Å². The molecule has 0 aliphatic carbocycles. The van der Waals surface area contributed by atoms with Crippen LogP contribution in [0, 0.1) is 5.82 Å². The van der Waals surface area contributed by atoms with Crippen LogP contribution in [0.2, 0.25) is 0 Å². The van der Waals surface area contributed by atoms with Gasteiger partial charge in [0.2, 0.25) is 0 Å². The number of esters is 1. The van der Waals surface area contributed by atoms with Crippen LogP contribution < -0.4 is 11.1 Å². The SMILES string of the molecule is COC(=O)C(C)NC(=O)c1cc(F)ccc1N. The minimum absolute atomic E-state index is 0.0132. The summed E-state index contributed by atoms with van der Waals surface area (Å²) >= 11 is 0. The zero-order chi connectivity index (χ0) is 13.0. The van der Waals surface area contributed by atoms with Crippen molar-refractivity contribution in [1.82, 2.24) is 5.32 Å². The molecule has 0 aliphatic heterocycles. The van der Waals surface area contributed by atoms with Crippen LogP contribution in [0.1, 0.15) is 17.3 Å². The number of nitrogen functional groups attached to an aromatic ring is 1. The molecule has 0 aromatic heterocycles. The van der Waals surface area contributed by atoms with Gasteiger partial charge in [-0.05, 0) is 25.1 Å². The largest absolute Gasteiger partial charge is 0.467 e. The monoisotopic (exact) mass is 240 g/mol. The summed E-state index contributed by atoms with van der Waals surface area (Å²) in [5.41, 5.74) is 5.66. The van der Waals surface area contributed by atoms with Gasteiger partial charge in [0.15, 0.2) is 0 Å². The molecule has 0 fully saturated rings. The van der Waals surface area contributed by atoms with E-state index < -0.39 is 23.7 Å². The van der Waals surface area contributed by atoms with Crippen molar-refractivity contribution >= 4 is 17.6 Å². The third kappa shape index (κ3) is 3.17. The van der Waals surface area contributed by atoms with Crippen molar-refractivity contribution in [2.24, 2.45) is 0 Å². The average Bonchev–Trinajstić information content (AvgIpc) is 2.30. The van der Waals surface area contributed by atoms with Crippen molar-refractivity contribution in [3.63, 3.8) is 0 Å². The maximum Gasteiger partial charge on any atom is 0.328 e. The van der Waals surface area contributed by atoms with Crippen LogP contribution in [0.25, 0.3) is 0 Å². The van der Waals surface area contributed by atoms with Gasteiger partial charge < -0.3 is 15.8 Å². The lowest BCUT2D eigenvalue weighted by atomic mass is 10.1. The first-order chi connectivity index (χ1) is 7.95. The molecule has 6 heteroatoms. The van der Waals surface area contributed by atoms with Crippen LogP contribution >= 0.6 is 0 Å². The summed E-state index contributed by atoms with van der Waals surface area (Å²) in [7, 11) is 1.21. The number of benzene rings is 1. The molecule has 17 heavy (non-hydrogen) atoms. The fourth-order valence-electron chi connectivity index (χ4n) is 1.24. The summed E-state index contributed by atoms with van der Waals surface area (Å²) in [6.45, 7) is 1.46. The first-order valence-electron chi connectivity index (χ1n) is 4.89. The predicted molar refractivity (Wildman–Crippen MR) is 59.8 cm³/mol. The van der Waals surface area contributed by atoms with Gasteiger partial charge in [0, 0.05) is 5.69 Å². The molecule has 0 saturated heterocycles. The number of nitrogens with one attached hydrogen (secondary N) is 1. The lowest BCUT2D eigenvalue weighted by Gasteiger charge is -2.12. The molecular formula is C11H13FN2O3. The standard InChI is InChI=1S/C11H13FN2O3/c1-6(11(16)17-2)14-10(15)8-5-7(12)3-4-9(8)13/h3-6H,13H2,1-2H3,(H,14,15). The Hall–Kier alpha value is -2.11. The number of amides is 1. The fraction of sp³-hybridized carbons (Fsp3) is 0.273. The Morgan fingerprint density at radius 1 is 1.47 bits per heavy atom. The second kappa shape index (κ2) is 5.29. The second-order valence-corrected chi connectivity index (χ2v) is 3.45. The summed E-state index contributed by atoms with van der Waals surface area (Å²) in [5.74, 6) is -1.79. The van der Waals surface area contributed by atoms with Gasteiger partial charge in [0.1, 0.15) is 11.9 Å². The van der Waals surface area contributed by atoms with Crippen molar-refractivity contribution < 1.29 is 18.7 Å². The molecular weight excluding hydrogens is 227 g/mol. The van der Waals surface area contributed by atoms with E-state index in [1.807, 2.05) is 0 Å². The molecule has 1 unspecified atom stereocenters. The highest BCUT2D eigenvalue weighted by molar-refractivity contribution is 6.00. The van der Waals surface area contributed by atoms with Gasteiger partial charge in [-0.25, -0.2) is 9.18 Å². The van der Waals surface area contributed by atoms with Crippen molar-refractivity contribution in [1.29, 1.82) is 0 Å². The minimum Gasteiger partial charge on any atom is -0.467 e. The van der Waals surface area contributed by atoms with Gasteiger partial charge in [-0.15, -0.1) is 0 Å². The van der Waals surface area contributed by atoms with Gasteiger partial charge in [0.05, 0.1) is 12.7 Å². The molecule has 0 saturated carbocycles. The molecule has 1 rings (SSSR count). The first-order valence-corrected chi connectivity index (χ1v) is 4.89. The third-order valence-corrected chi connectivity index (χ3v) is 2.16. The lowest BCUT2D eigenvalue weighted by molar-refractivity contribution is -0.142. The summed E-state index contributed by atoms with van der Waals surface area (Å²) in [4.78, 5) is 22.8. The summed E-state index contributed by atoms with van der Waals surface area (Å²) < 4.78 is 17.4. The maximum atomic E-state index is 12.9. The average molecular weight is 240 g/mol. The molecule has 1 aromatic carbocycles. The lowest BCUT2D eigenvalue weighted by Crippen LogP contribution is -2.39. The highest BCUT2D eigenvalue weighted by Gasteiger charge is 2.18. The molecule has 0 radical (unpaired) electrons. The Labute approximate surface area is 97.7 Å². The number of carbonyl (C=O) groups is 2. The number of nitrogens with two attached hydrogens (primary N) is 1. The molecule has 0 spiro atoms. The Kier molecular flexibility index (Phi) is 4.03. The van der Waals surface area contributed by atoms with Crippen LogP contribution in [-0.4, -0.2) is 25.0 Å². The molecule has 0 bridgehead atoms. The molecule has 1 atom stereocenters. The van der Waals surface area contributed by atoms with E-state index in [0.717, 1.165) is 12.1 Å². The topological polar surface area (TPSA) is 81.4 Å². The second-order valence-electron chi connectivity index (χ2n) is 3.45. The van der Waals surface area contributed by atoms with Crippen LogP contribution in [0.4, 0.5) is 10.1 Å². The van der Waals surface area contributed by atoms with Crippen LogP contribution in [-0.2, 0) is 9.53 Å². The van der Waals surface area contributed by atoms with Gasteiger partial charge >= 0.3 is 5.97 Å². The zero-order valence-corrected chi connectivity index (χ0v) is 9.49. The number of anilines is 1. The molecule has 5 nitrogen and oxygen atoms in total. The van der Waals surface area contributed by atoms with Gasteiger partial charge in [-0.3, -0.25) is 4.79 Å². The molecule has 1 aromatic rings. The summed E-state index contributed by atoms with van der Waals surface area (Å²) in [6.07, 6.45) is 0. The van der Waals surface area contributed by atoms with Crippen LogP contribution in [0.5, 0.6) is 0 Å². The smallest absolute Gasteiger partial charge is 0.328 e. The summed E-state index contributed by atoms with van der Waals surface area (Å²) in [6, 6.07) is 2.62. The van der Waals surface area contributed by atoms with Crippen molar-refractivity contribution in [2.45, 2.75) is 13.0 Å². The first kappa shape index (κ1) is 13.0. The van der Waals surface area contributed by atoms with E-state index >= 15 is 0 Å². The van der Waals surface area contributed by atoms with Crippen molar-refractivity contribution in [3.05, 3.63) is 29.6 Å². The van der Waals surface area contributed by atoms with E-state index in [9.17, 15) is 14.0 Å². The van der Waals surface area contributed by atoms with Gasteiger partial charge in [-0.1, -0.05) is 0 Å². The van der Waals surface area contributed by atoms with E-state index in [4.69, 9.17) is 5.73 Å². The van der Waals surface area contributed by atoms with Gasteiger partial charge in [0.25, 0.3) is 5.91 Å². The summed E-state index contributed by atoms with van der Waals surface area (Å²) in [5, 5.41) is 2.35. The number of carbonyl (C=O) groups excluding carboxylic acids is 2. The predicted octanol–water partition coefficient (Wildman–Crippen LogP) is 0.699. The Morgan fingerprint density at radius 2 is 2.12 bits per heavy atom. The number of hydrogen-bond acceptors (Lipinski definition) is 4. The van der Waals surface area contributed by atoms with E-state index in [2.05, 4.69) is 10.1 Å². The van der Waals surface area contributed by atoms with E-state index in [0.29, 0.717) is 0 Å². The van der Waals surface area contributed by atoms with E-state index in [-0.39, 0.29) is 11.3 Å². The number of hydrogen-bond donors (Lipinski definition) is 2. The van der Waals surface area contributed by atoms with Crippen molar-refractivity contribution in [3.8, 4) is 0 Å². The molecule has 0 heterocycles. The van der Waals surface area contributed by atoms with E-state index in [1.54, 1.807) is 0 Å². The zero-order valence-electron chi connectivity index (χ0n) is 9.49. The molecule has 92 valence electrons. The van der Waals surface area contributed by atoms with Crippen LogP contribution in [0.3, 0.4) is 0 Å². The Morgan fingerprint density at radius 3 is 2.71 bits per heavy atom.